The Hall–Kier alpha value is -1.28. The molecule has 0 unspecified atom stereocenters. The molecular weight excluding hydrogens is 184 g/mol. The average molecular weight is 195 g/mol. The zero-order chi connectivity index (χ0) is 9.84. The predicted octanol–water partition coefficient (Wildman–Crippen LogP) is 2.90. The number of benzene rings is 1. The molecule has 3 heteroatoms. The minimum atomic E-state index is 0.433. The van der Waals surface area contributed by atoms with Crippen LogP contribution in [0.4, 0.5) is 5.69 Å². The monoisotopic (exact) mass is 194 g/mol. The second kappa shape index (κ2) is 4.10. The first-order valence-corrected chi connectivity index (χ1v) is 4.23. The molecule has 1 rings (SSSR count). The predicted molar refractivity (Wildman–Crippen MR) is 57.5 cm³/mol. The van der Waals surface area contributed by atoms with E-state index >= 15 is 0 Å². The van der Waals surface area contributed by atoms with Crippen molar-refractivity contribution < 1.29 is 0 Å². The quantitative estimate of drug-likeness (QED) is 0.571. The van der Waals surface area contributed by atoms with E-state index in [0.29, 0.717) is 10.9 Å². The molecule has 2 N–H and O–H groups in total. The summed E-state index contributed by atoms with van der Waals surface area (Å²) in [5.41, 5.74) is 7.10. The molecule has 0 saturated heterocycles. The van der Waals surface area contributed by atoms with E-state index in [-0.39, 0.29) is 0 Å². The van der Waals surface area contributed by atoms with E-state index in [1.165, 1.54) is 0 Å². The van der Waals surface area contributed by atoms with Crippen molar-refractivity contribution in [3.05, 3.63) is 41.4 Å². The Morgan fingerprint density at radius 3 is 2.77 bits per heavy atom. The first-order valence-electron chi connectivity index (χ1n) is 3.85. The maximum Gasteiger partial charge on any atom is 0.126 e. The van der Waals surface area contributed by atoms with Crippen molar-refractivity contribution in [3.63, 3.8) is 0 Å². The smallest absolute Gasteiger partial charge is 0.126 e. The number of aliphatic imine (C=N–C) groups is 1. The SMILES string of the molecule is C=C(C)C(N)=Nc1cccc(Cl)c1. The van der Waals surface area contributed by atoms with Crippen LogP contribution in [0, 0.1) is 0 Å². The summed E-state index contributed by atoms with van der Waals surface area (Å²) in [7, 11) is 0. The third-order valence-electron chi connectivity index (χ3n) is 1.50. The van der Waals surface area contributed by atoms with Crippen molar-refractivity contribution in [1.29, 1.82) is 0 Å². The highest BCUT2D eigenvalue weighted by Crippen LogP contribution is 2.17. The molecule has 2 nitrogen and oxygen atoms in total. The highest BCUT2D eigenvalue weighted by atomic mass is 35.5. The lowest BCUT2D eigenvalue weighted by atomic mass is 10.3. The lowest BCUT2D eigenvalue weighted by Crippen LogP contribution is -2.11. The molecule has 0 bridgehead atoms. The third-order valence-corrected chi connectivity index (χ3v) is 1.73. The van der Waals surface area contributed by atoms with Gasteiger partial charge in [-0.15, -0.1) is 0 Å². The first kappa shape index (κ1) is 9.81. The molecular formula is C10H11ClN2. The molecule has 0 aliphatic rings. The topological polar surface area (TPSA) is 38.4 Å². The Morgan fingerprint density at radius 2 is 2.23 bits per heavy atom. The molecule has 0 amide bonds. The van der Waals surface area contributed by atoms with Gasteiger partial charge in [0.15, 0.2) is 0 Å². The van der Waals surface area contributed by atoms with Gasteiger partial charge in [-0.1, -0.05) is 24.2 Å². The first-order chi connectivity index (χ1) is 6.09. The third kappa shape index (κ3) is 2.92. The Balaban J connectivity index is 2.97. The molecule has 0 aliphatic carbocycles. The average Bonchev–Trinajstić information content (AvgIpc) is 2.04. The summed E-state index contributed by atoms with van der Waals surface area (Å²) in [6, 6.07) is 7.20. The summed E-state index contributed by atoms with van der Waals surface area (Å²) in [5.74, 6) is 0.433. The Kier molecular flexibility index (Phi) is 3.09. The molecule has 1 aromatic carbocycles. The van der Waals surface area contributed by atoms with Crippen LogP contribution in [0.3, 0.4) is 0 Å². The minimum Gasteiger partial charge on any atom is -0.383 e. The van der Waals surface area contributed by atoms with E-state index in [9.17, 15) is 0 Å². The fourth-order valence-electron chi connectivity index (χ4n) is 0.780. The van der Waals surface area contributed by atoms with Crippen LogP contribution in [0.5, 0.6) is 0 Å². The Labute approximate surface area is 82.7 Å². The summed E-state index contributed by atoms with van der Waals surface area (Å²) < 4.78 is 0. The van der Waals surface area contributed by atoms with Crippen LogP contribution < -0.4 is 5.73 Å². The van der Waals surface area contributed by atoms with Gasteiger partial charge in [0.1, 0.15) is 5.84 Å². The van der Waals surface area contributed by atoms with Crippen molar-refractivity contribution in [2.75, 3.05) is 0 Å². The zero-order valence-corrected chi connectivity index (χ0v) is 8.17. The van der Waals surface area contributed by atoms with Crippen molar-refractivity contribution >= 4 is 23.1 Å². The second-order valence-corrected chi connectivity index (χ2v) is 3.19. The van der Waals surface area contributed by atoms with E-state index in [4.69, 9.17) is 17.3 Å². The zero-order valence-electron chi connectivity index (χ0n) is 7.42. The summed E-state index contributed by atoms with van der Waals surface area (Å²) in [4.78, 5) is 4.13. The highest BCUT2D eigenvalue weighted by molar-refractivity contribution is 6.30. The van der Waals surface area contributed by atoms with E-state index in [2.05, 4.69) is 11.6 Å². The van der Waals surface area contributed by atoms with Gasteiger partial charge in [0.25, 0.3) is 0 Å². The Bertz CT molecular complexity index is 356. The van der Waals surface area contributed by atoms with Crippen LogP contribution in [0.2, 0.25) is 5.02 Å². The van der Waals surface area contributed by atoms with Crippen molar-refractivity contribution in [1.82, 2.24) is 0 Å². The lowest BCUT2D eigenvalue weighted by Gasteiger charge is -1.98. The number of nitrogens with zero attached hydrogens (tertiary/aromatic N) is 1. The molecule has 0 saturated carbocycles. The van der Waals surface area contributed by atoms with Crippen LogP contribution >= 0.6 is 11.6 Å². The van der Waals surface area contributed by atoms with Gasteiger partial charge in [-0.2, -0.15) is 0 Å². The molecule has 1 aromatic rings. The standard InChI is InChI=1S/C10H11ClN2/c1-7(2)10(12)13-9-5-3-4-8(11)6-9/h3-6H,1H2,2H3,(H2,12,13). The molecule has 0 radical (unpaired) electrons. The molecule has 13 heavy (non-hydrogen) atoms. The number of amidine groups is 1. The van der Waals surface area contributed by atoms with E-state index in [1.54, 1.807) is 12.1 Å². The van der Waals surface area contributed by atoms with Gasteiger partial charge >= 0.3 is 0 Å². The maximum atomic E-state index is 5.78. The fraction of sp³-hybridized carbons (Fsp3) is 0.100. The van der Waals surface area contributed by atoms with Gasteiger partial charge in [-0.3, -0.25) is 0 Å². The van der Waals surface area contributed by atoms with E-state index < -0.39 is 0 Å². The summed E-state index contributed by atoms with van der Waals surface area (Å²) in [5, 5.41) is 0.649. The fourth-order valence-corrected chi connectivity index (χ4v) is 0.965. The number of nitrogens with two attached hydrogens (primary N) is 1. The Morgan fingerprint density at radius 1 is 1.54 bits per heavy atom. The molecule has 0 heterocycles. The van der Waals surface area contributed by atoms with Crippen LogP contribution in [0.1, 0.15) is 6.92 Å². The van der Waals surface area contributed by atoms with Crippen LogP contribution in [-0.2, 0) is 0 Å². The maximum absolute atomic E-state index is 5.78. The van der Waals surface area contributed by atoms with Gasteiger partial charge in [0, 0.05) is 5.02 Å². The van der Waals surface area contributed by atoms with Crippen LogP contribution in [-0.4, -0.2) is 5.84 Å². The van der Waals surface area contributed by atoms with Crippen LogP contribution in [0.15, 0.2) is 41.4 Å². The minimum absolute atomic E-state index is 0.433. The van der Waals surface area contributed by atoms with Crippen molar-refractivity contribution in [2.24, 2.45) is 10.7 Å². The molecule has 0 aromatic heterocycles. The van der Waals surface area contributed by atoms with Gasteiger partial charge in [0.05, 0.1) is 5.69 Å². The van der Waals surface area contributed by atoms with Gasteiger partial charge in [0.2, 0.25) is 0 Å². The van der Waals surface area contributed by atoms with Gasteiger partial charge in [-0.25, -0.2) is 4.99 Å². The summed E-state index contributed by atoms with van der Waals surface area (Å²) in [6.45, 7) is 5.49. The molecule has 0 aliphatic heterocycles. The molecule has 0 spiro atoms. The lowest BCUT2D eigenvalue weighted by molar-refractivity contribution is 1.43. The van der Waals surface area contributed by atoms with Gasteiger partial charge in [-0.05, 0) is 30.7 Å². The molecule has 68 valence electrons. The number of rotatable bonds is 2. The van der Waals surface area contributed by atoms with Crippen molar-refractivity contribution in [2.45, 2.75) is 6.92 Å². The largest absolute Gasteiger partial charge is 0.383 e. The summed E-state index contributed by atoms with van der Waals surface area (Å²) in [6.07, 6.45) is 0. The number of hydrogen-bond donors (Lipinski definition) is 1. The molecule has 0 atom stereocenters. The number of hydrogen-bond acceptors (Lipinski definition) is 1. The van der Waals surface area contributed by atoms with Crippen LogP contribution in [0.25, 0.3) is 0 Å². The van der Waals surface area contributed by atoms with Crippen molar-refractivity contribution in [3.8, 4) is 0 Å². The number of halogens is 1. The van der Waals surface area contributed by atoms with E-state index in [1.807, 2.05) is 19.1 Å². The van der Waals surface area contributed by atoms with Gasteiger partial charge < -0.3 is 5.73 Å². The molecule has 0 fully saturated rings. The summed E-state index contributed by atoms with van der Waals surface area (Å²) >= 11 is 5.78. The highest BCUT2D eigenvalue weighted by Gasteiger charge is 1.94. The van der Waals surface area contributed by atoms with E-state index in [0.717, 1.165) is 11.3 Å². The second-order valence-electron chi connectivity index (χ2n) is 2.76. The normalized spacial score (nSPS) is 11.4.